The normalized spacial score (nSPS) is 29.1. The molecule has 1 fully saturated rings. The van der Waals surface area contributed by atoms with Crippen LogP contribution in [0.15, 0.2) is 35.3 Å². The first-order chi connectivity index (χ1) is 6.66. The standard InChI is InChI=1S/C10H10ClNOS/c1-10(11)7-14-9(13-10)12-8-5-3-2-4-6-8/h2-6H,7H2,1H3. The number of aliphatic imine (C=N–C) groups is 1. The highest BCUT2D eigenvalue weighted by Gasteiger charge is 2.32. The number of rotatable bonds is 1. The first-order valence-electron chi connectivity index (χ1n) is 4.30. The maximum absolute atomic E-state index is 6.00. The van der Waals surface area contributed by atoms with E-state index in [4.69, 9.17) is 16.3 Å². The predicted molar refractivity (Wildman–Crippen MR) is 61.3 cm³/mol. The van der Waals surface area contributed by atoms with Gasteiger partial charge in [-0.2, -0.15) is 0 Å². The summed E-state index contributed by atoms with van der Waals surface area (Å²) in [5, 5.41) is 0.0480. The van der Waals surface area contributed by atoms with Gasteiger partial charge in [-0.3, -0.25) is 0 Å². The van der Waals surface area contributed by atoms with Gasteiger partial charge in [0.25, 0.3) is 5.23 Å². The van der Waals surface area contributed by atoms with Crippen LogP contribution in [0.2, 0.25) is 0 Å². The van der Waals surface area contributed by atoms with Crippen LogP contribution in [0.3, 0.4) is 0 Å². The quantitative estimate of drug-likeness (QED) is 0.686. The van der Waals surface area contributed by atoms with Crippen LogP contribution in [0, 0.1) is 0 Å². The summed E-state index contributed by atoms with van der Waals surface area (Å²) >= 11 is 7.54. The summed E-state index contributed by atoms with van der Waals surface area (Å²) < 4.78 is 5.43. The molecule has 1 aromatic carbocycles. The first-order valence-corrected chi connectivity index (χ1v) is 5.67. The fourth-order valence-electron chi connectivity index (χ4n) is 1.09. The van der Waals surface area contributed by atoms with Crippen LogP contribution in [0.1, 0.15) is 6.92 Å². The van der Waals surface area contributed by atoms with Crippen LogP contribution >= 0.6 is 23.4 Å². The number of benzene rings is 1. The highest BCUT2D eigenvalue weighted by molar-refractivity contribution is 8.14. The predicted octanol–water partition coefficient (Wildman–Crippen LogP) is 3.39. The molecule has 0 aromatic heterocycles. The Bertz CT molecular complexity index is 350. The van der Waals surface area contributed by atoms with Crippen LogP contribution in [0.25, 0.3) is 0 Å². The fraction of sp³-hybridized carbons (Fsp3) is 0.300. The minimum absolute atomic E-state index is 0.599. The van der Waals surface area contributed by atoms with E-state index in [1.807, 2.05) is 37.3 Å². The minimum Gasteiger partial charge on any atom is -0.450 e. The van der Waals surface area contributed by atoms with Gasteiger partial charge in [-0.05, 0) is 19.1 Å². The monoisotopic (exact) mass is 227 g/mol. The molecule has 0 amide bonds. The Kier molecular flexibility index (Phi) is 2.70. The summed E-state index contributed by atoms with van der Waals surface area (Å²) in [7, 11) is 0. The number of hydrogen-bond donors (Lipinski definition) is 0. The molecule has 2 nitrogen and oxygen atoms in total. The summed E-state index contributed by atoms with van der Waals surface area (Å²) in [5.41, 5.74) is 0.893. The second kappa shape index (κ2) is 3.83. The zero-order valence-electron chi connectivity index (χ0n) is 7.74. The molecular formula is C10H10ClNOS. The van der Waals surface area contributed by atoms with E-state index in [1.165, 1.54) is 11.8 Å². The topological polar surface area (TPSA) is 21.6 Å². The van der Waals surface area contributed by atoms with Gasteiger partial charge in [-0.1, -0.05) is 41.6 Å². The van der Waals surface area contributed by atoms with Crippen LogP contribution in [-0.2, 0) is 4.74 Å². The average molecular weight is 228 g/mol. The van der Waals surface area contributed by atoms with Gasteiger partial charge >= 0.3 is 0 Å². The molecule has 1 aliphatic rings. The Hall–Kier alpha value is -0.670. The molecule has 4 heteroatoms. The van der Waals surface area contributed by atoms with Crippen molar-refractivity contribution in [3.63, 3.8) is 0 Å². The Balaban J connectivity index is 2.14. The van der Waals surface area contributed by atoms with Gasteiger partial charge in [0.05, 0.1) is 11.4 Å². The lowest BCUT2D eigenvalue weighted by Crippen LogP contribution is -2.17. The molecule has 0 radical (unpaired) electrons. The van der Waals surface area contributed by atoms with Crippen molar-refractivity contribution in [2.75, 3.05) is 5.75 Å². The molecular weight excluding hydrogens is 218 g/mol. The lowest BCUT2D eigenvalue weighted by Gasteiger charge is -2.11. The largest absolute Gasteiger partial charge is 0.450 e. The maximum Gasteiger partial charge on any atom is 0.252 e. The zero-order chi connectivity index (χ0) is 10.0. The third-order valence-electron chi connectivity index (χ3n) is 1.73. The van der Waals surface area contributed by atoms with Crippen molar-refractivity contribution in [3.8, 4) is 0 Å². The SMILES string of the molecule is CC1(Cl)CSC(=Nc2ccccc2)O1. The van der Waals surface area contributed by atoms with E-state index in [0.717, 1.165) is 11.4 Å². The molecule has 14 heavy (non-hydrogen) atoms. The molecule has 1 saturated heterocycles. The van der Waals surface area contributed by atoms with Crippen molar-refractivity contribution in [1.82, 2.24) is 0 Å². The van der Waals surface area contributed by atoms with Crippen LogP contribution < -0.4 is 0 Å². The lowest BCUT2D eigenvalue weighted by molar-refractivity contribution is 0.207. The number of hydrogen-bond acceptors (Lipinski definition) is 3. The van der Waals surface area contributed by atoms with Crippen molar-refractivity contribution in [3.05, 3.63) is 30.3 Å². The molecule has 1 aliphatic heterocycles. The number of para-hydroxylation sites is 1. The van der Waals surface area contributed by atoms with E-state index >= 15 is 0 Å². The van der Waals surface area contributed by atoms with Crippen LogP contribution in [0.4, 0.5) is 5.69 Å². The Morgan fingerprint density at radius 2 is 2.14 bits per heavy atom. The van der Waals surface area contributed by atoms with E-state index in [1.54, 1.807) is 0 Å². The summed E-state index contributed by atoms with van der Waals surface area (Å²) in [6, 6.07) is 9.71. The van der Waals surface area contributed by atoms with Gasteiger partial charge in [0.2, 0.25) is 0 Å². The Morgan fingerprint density at radius 3 is 2.71 bits per heavy atom. The van der Waals surface area contributed by atoms with Crippen LogP contribution in [0.5, 0.6) is 0 Å². The lowest BCUT2D eigenvalue weighted by atomic mass is 10.3. The number of nitrogens with zero attached hydrogens (tertiary/aromatic N) is 1. The molecule has 1 atom stereocenters. The summed E-state index contributed by atoms with van der Waals surface area (Å²) in [6.07, 6.45) is 0. The highest BCUT2D eigenvalue weighted by Crippen LogP contribution is 2.33. The summed E-state index contributed by atoms with van der Waals surface area (Å²) in [4.78, 5) is 4.33. The summed E-state index contributed by atoms with van der Waals surface area (Å²) in [6.45, 7) is 1.84. The fourth-order valence-corrected chi connectivity index (χ4v) is 2.23. The van der Waals surface area contributed by atoms with E-state index < -0.39 is 5.06 Å². The second-order valence-electron chi connectivity index (χ2n) is 3.21. The number of alkyl halides is 1. The minimum atomic E-state index is -0.599. The molecule has 0 aliphatic carbocycles. The molecule has 0 spiro atoms. The molecule has 1 heterocycles. The molecule has 0 saturated carbocycles. The smallest absolute Gasteiger partial charge is 0.252 e. The number of thioether (sulfide) groups is 1. The molecule has 0 N–H and O–H groups in total. The van der Waals surface area contributed by atoms with Gasteiger partial charge < -0.3 is 4.74 Å². The van der Waals surface area contributed by atoms with Crippen molar-refractivity contribution < 1.29 is 4.74 Å². The van der Waals surface area contributed by atoms with E-state index in [0.29, 0.717) is 5.23 Å². The van der Waals surface area contributed by atoms with Gasteiger partial charge in [0.1, 0.15) is 0 Å². The van der Waals surface area contributed by atoms with Gasteiger partial charge in [0.15, 0.2) is 5.06 Å². The Labute approximate surface area is 92.3 Å². The third kappa shape index (κ3) is 2.42. The van der Waals surface area contributed by atoms with E-state index in [2.05, 4.69) is 4.99 Å². The number of ether oxygens (including phenoxy) is 1. The second-order valence-corrected chi connectivity index (χ2v) is 4.93. The van der Waals surface area contributed by atoms with Gasteiger partial charge in [-0.25, -0.2) is 4.99 Å². The van der Waals surface area contributed by atoms with E-state index in [9.17, 15) is 0 Å². The van der Waals surface area contributed by atoms with Crippen LogP contribution in [-0.4, -0.2) is 16.0 Å². The third-order valence-corrected chi connectivity index (χ3v) is 3.22. The van der Waals surface area contributed by atoms with Crippen molar-refractivity contribution in [2.24, 2.45) is 4.99 Å². The maximum atomic E-state index is 6.00. The van der Waals surface area contributed by atoms with Gasteiger partial charge in [-0.15, -0.1) is 0 Å². The van der Waals surface area contributed by atoms with Crippen molar-refractivity contribution in [2.45, 2.75) is 12.0 Å². The van der Waals surface area contributed by atoms with Gasteiger partial charge in [0, 0.05) is 0 Å². The van der Waals surface area contributed by atoms with Crippen molar-refractivity contribution in [1.29, 1.82) is 0 Å². The Morgan fingerprint density at radius 1 is 1.43 bits per heavy atom. The zero-order valence-corrected chi connectivity index (χ0v) is 9.31. The average Bonchev–Trinajstić information content (AvgIpc) is 2.47. The highest BCUT2D eigenvalue weighted by atomic mass is 35.5. The van der Waals surface area contributed by atoms with E-state index in [-0.39, 0.29) is 0 Å². The molecule has 1 unspecified atom stereocenters. The molecule has 74 valence electrons. The summed E-state index contributed by atoms with van der Waals surface area (Å²) in [5.74, 6) is 0.736. The molecule has 2 rings (SSSR count). The molecule has 0 bridgehead atoms. The first kappa shape index (κ1) is 9.87. The van der Waals surface area contributed by atoms with Crippen molar-refractivity contribution >= 4 is 34.3 Å². The number of halogens is 1. The molecule has 1 aromatic rings.